The van der Waals surface area contributed by atoms with Crippen molar-refractivity contribution in [1.82, 2.24) is 0 Å². The summed E-state index contributed by atoms with van der Waals surface area (Å²) >= 11 is 0. The molecule has 1 fully saturated rings. The van der Waals surface area contributed by atoms with E-state index in [0.29, 0.717) is 6.42 Å². The normalized spacial score (nSPS) is 20.4. The maximum absolute atomic E-state index is 10.8. The highest BCUT2D eigenvalue weighted by atomic mass is 16.5. The minimum atomic E-state index is -0.412. The van der Waals surface area contributed by atoms with Crippen molar-refractivity contribution in [2.75, 3.05) is 7.11 Å². The van der Waals surface area contributed by atoms with Crippen LogP contribution in [0.3, 0.4) is 0 Å². The Bertz CT molecular complexity index is 411. The summed E-state index contributed by atoms with van der Waals surface area (Å²) in [5.74, 6) is 0. The van der Waals surface area contributed by atoms with Crippen LogP contribution >= 0.6 is 0 Å². The van der Waals surface area contributed by atoms with E-state index in [2.05, 4.69) is 32.0 Å². The van der Waals surface area contributed by atoms with Crippen LogP contribution in [-0.4, -0.2) is 23.9 Å². The molecule has 0 saturated heterocycles. The summed E-state index contributed by atoms with van der Waals surface area (Å²) in [5.41, 5.74) is 3.47. The molecule has 0 bridgehead atoms. The van der Waals surface area contributed by atoms with Crippen LogP contribution in [0.1, 0.15) is 55.2 Å². The van der Waals surface area contributed by atoms with E-state index in [-0.39, 0.29) is 5.60 Å². The van der Waals surface area contributed by atoms with Crippen molar-refractivity contribution in [2.24, 2.45) is 0 Å². The molecular weight excluding hydrogens is 248 g/mol. The lowest BCUT2D eigenvalue weighted by atomic mass is 9.83. The second-order valence-electron chi connectivity index (χ2n) is 6.27. The molecule has 2 rings (SSSR count). The Labute approximate surface area is 123 Å². The van der Waals surface area contributed by atoms with Crippen LogP contribution in [0.15, 0.2) is 18.2 Å². The van der Waals surface area contributed by atoms with Gasteiger partial charge in [-0.05, 0) is 43.4 Å². The number of aryl methyl sites for hydroxylation is 2. The average molecular weight is 276 g/mol. The molecule has 0 radical (unpaired) electrons. The number of benzene rings is 1. The lowest BCUT2D eigenvalue weighted by Crippen LogP contribution is -2.45. The van der Waals surface area contributed by atoms with Crippen LogP contribution in [0.2, 0.25) is 0 Å². The summed E-state index contributed by atoms with van der Waals surface area (Å²) in [6, 6.07) is 6.33. The van der Waals surface area contributed by atoms with Gasteiger partial charge in [-0.25, -0.2) is 0 Å². The van der Waals surface area contributed by atoms with E-state index < -0.39 is 6.10 Å². The molecule has 1 aliphatic rings. The van der Waals surface area contributed by atoms with Crippen molar-refractivity contribution in [3.05, 3.63) is 34.9 Å². The molecule has 20 heavy (non-hydrogen) atoms. The summed E-state index contributed by atoms with van der Waals surface area (Å²) in [4.78, 5) is 0. The van der Waals surface area contributed by atoms with Crippen molar-refractivity contribution in [3.63, 3.8) is 0 Å². The van der Waals surface area contributed by atoms with Crippen LogP contribution in [0, 0.1) is 13.8 Å². The molecule has 112 valence electrons. The molecule has 2 heteroatoms. The lowest BCUT2D eigenvalue weighted by molar-refractivity contribution is -0.111. The minimum absolute atomic E-state index is 0.342. The molecule has 1 aromatic rings. The molecule has 1 unspecified atom stereocenters. The van der Waals surface area contributed by atoms with E-state index >= 15 is 0 Å². The molecule has 1 aromatic carbocycles. The second kappa shape index (κ2) is 6.73. The van der Waals surface area contributed by atoms with Gasteiger partial charge in [0.1, 0.15) is 0 Å². The van der Waals surface area contributed by atoms with Gasteiger partial charge in [-0.2, -0.15) is 0 Å². The summed E-state index contributed by atoms with van der Waals surface area (Å²) in [7, 11) is 1.76. The maximum Gasteiger partial charge on any atom is 0.0939 e. The smallest absolute Gasteiger partial charge is 0.0939 e. The first-order chi connectivity index (χ1) is 9.59. The van der Waals surface area contributed by atoms with Gasteiger partial charge < -0.3 is 9.84 Å². The summed E-state index contributed by atoms with van der Waals surface area (Å²) in [6.07, 6.45) is 7.11. The SMILES string of the molecule is COC1(C(O)Cc2c(C)cccc2C)CCCCCC1. The minimum Gasteiger partial charge on any atom is -0.390 e. The van der Waals surface area contributed by atoms with E-state index in [0.717, 1.165) is 25.7 Å². The third kappa shape index (κ3) is 3.24. The standard InChI is InChI=1S/C18H28O2/c1-14-9-8-10-15(2)16(14)13-17(19)18(20-3)11-6-4-5-7-12-18/h8-10,17,19H,4-7,11-13H2,1-3H3. The Kier molecular flexibility index (Phi) is 5.22. The number of rotatable bonds is 4. The second-order valence-corrected chi connectivity index (χ2v) is 6.27. The molecule has 1 aliphatic carbocycles. The number of hydrogen-bond acceptors (Lipinski definition) is 2. The molecule has 1 N–H and O–H groups in total. The van der Waals surface area contributed by atoms with Crippen LogP contribution in [0.4, 0.5) is 0 Å². The van der Waals surface area contributed by atoms with Gasteiger partial charge in [0, 0.05) is 13.5 Å². The predicted molar refractivity (Wildman–Crippen MR) is 83.1 cm³/mol. The van der Waals surface area contributed by atoms with Crippen molar-refractivity contribution < 1.29 is 9.84 Å². The number of ether oxygens (including phenoxy) is 1. The molecule has 0 amide bonds. The number of hydrogen-bond donors (Lipinski definition) is 1. The van der Waals surface area contributed by atoms with E-state index in [1.54, 1.807) is 7.11 Å². The Morgan fingerprint density at radius 1 is 1.10 bits per heavy atom. The highest BCUT2D eigenvalue weighted by molar-refractivity contribution is 5.34. The third-order valence-corrected chi connectivity index (χ3v) is 5.01. The third-order valence-electron chi connectivity index (χ3n) is 5.01. The molecule has 0 aromatic heterocycles. The van der Waals surface area contributed by atoms with Crippen LogP contribution in [-0.2, 0) is 11.2 Å². The van der Waals surface area contributed by atoms with E-state index in [1.807, 2.05) is 0 Å². The predicted octanol–water partition coefficient (Wildman–Crippen LogP) is 3.95. The molecule has 2 nitrogen and oxygen atoms in total. The number of aliphatic hydroxyl groups is 1. The van der Waals surface area contributed by atoms with Crippen molar-refractivity contribution in [2.45, 2.75) is 70.5 Å². The van der Waals surface area contributed by atoms with Crippen LogP contribution in [0.25, 0.3) is 0 Å². The Morgan fingerprint density at radius 3 is 2.15 bits per heavy atom. The van der Waals surface area contributed by atoms with Gasteiger partial charge in [0.25, 0.3) is 0 Å². The van der Waals surface area contributed by atoms with Gasteiger partial charge in [-0.3, -0.25) is 0 Å². The molecule has 1 atom stereocenters. The summed E-state index contributed by atoms with van der Waals surface area (Å²) in [5, 5.41) is 10.8. The van der Waals surface area contributed by atoms with E-state index in [9.17, 15) is 5.11 Å². The molecule has 0 heterocycles. The van der Waals surface area contributed by atoms with Gasteiger partial charge in [0.05, 0.1) is 11.7 Å². The van der Waals surface area contributed by atoms with Crippen molar-refractivity contribution >= 4 is 0 Å². The first kappa shape index (κ1) is 15.5. The Balaban J connectivity index is 2.18. The molecular formula is C18H28O2. The Hall–Kier alpha value is -0.860. The monoisotopic (exact) mass is 276 g/mol. The lowest BCUT2D eigenvalue weighted by Gasteiger charge is -2.36. The number of methoxy groups -OCH3 is 1. The fourth-order valence-corrected chi connectivity index (χ4v) is 3.55. The van der Waals surface area contributed by atoms with Crippen LogP contribution in [0.5, 0.6) is 0 Å². The average Bonchev–Trinajstić information content (AvgIpc) is 2.69. The summed E-state index contributed by atoms with van der Waals surface area (Å²) < 4.78 is 5.82. The van der Waals surface area contributed by atoms with Gasteiger partial charge in [-0.15, -0.1) is 0 Å². The van der Waals surface area contributed by atoms with E-state index in [4.69, 9.17) is 4.74 Å². The van der Waals surface area contributed by atoms with Crippen molar-refractivity contribution in [3.8, 4) is 0 Å². The molecule has 0 aliphatic heterocycles. The zero-order valence-corrected chi connectivity index (χ0v) is 13.1. The highest BCUT2D eigenvalue weighted by Crippen LogP contribution is 2.35. The van der Waals surface area contributed by atoms with Gasteiger partial charge in [0.15, 0.2) is 0 Å². The fourth-order valence-electron chi connectivity index (χ4n) is 3.55. The summed E-state index contributed by atoms with van der Waals surface area (Å²) in [6.45, 7) is 4.25. The largest absolute Gasteiger partial charge is 0.390 e. The zero-order chi connectivity index (χ0) is 14.6. The molecule has 1 saturated carbocycles. The maximum atomic E-state index is 10.8. The van der Waals surface area contributed by atoms with E-state index in [1.165, 1.54) is 29.5 Å². The first-order valence-corrected chi connectivity index (χ1v) is 7.87. The zero-order valence-electron chi connectivity index (χ0n) is 13.1. The van der Waals surface area contributed by atoms with Gasteiger partial charge >= 0.3 is 0 Å². The fraction of sp³-hybridized carbons (Fsp3) is 0.667. The van der Waals surface area contributed by atoms with Crippen molar-refractivity contribution in [1.29, 1.82) is 0 Å². The first-order valence-electron chi connectivity index (χ1n) is 7.87. The van der Waals surface area contributed by atoms with Gasteiger partial charge in [-0.1, -0.05) is 43.9 Å². The molecule has 0 spiro atoms. The Morgan fingerprint density at radius 2 is 1.65 bits per heavy atom. The highest BCUT2D eigenvalue weighted by Gasteiger charge is 2.38. The topological polar surface area (TPSA) is 29.5 Å². The van der Waals surface area contributed by atoms with Gasteiger partial charge in [0.2, 0.25) is 0 Å². The number of aliphatic hydroxyl groups excluding tert-OH is 1. The van der Waals surface area contributed by atoms with Crippen LogP contribution < -0.4 is 0 Å². The quantitative estimate of drug-likeness (QED) is 0.844.